The highest BCUT2D eigenvalue weighted by molar-refractivity contribution is 6.05. The Morgan fingerprint density at radius 2 is 1.55 bits per heavy atom. The number of fused-ring (bicyclic) bond motifs is 3. The van der Waals surface area contributed by atoms with Crippen molar-refractivity contribution in [3.8, 4) is 0 Å². The molecule has 4 aromatic rings. The van der Waals surface area contributed by atoms with Gasteiger partial charge in [-0.2, -0.15) is 0 Å². The van der Waals surface area contributed by atoms with E-state index >= 15 is 0 Å². The van der Waals surface area contributed by atoms with Crippen molar-refractivity contribution < 1.29 is 0 Å². The molecule has 1 aliphatic rings. The van der Waals surface area contributed by atoms with E-state index in [-0.39, 0.29) is 0 Å². The van der Waals surface area contributed by atoms with E-state index in [1.807, 2.05) is 0 Å². The number of aryl methyl sites for hydroxylation is 3. The maximum absolute atomic E-state index is 2.40. The van der Waals surface area contributed by atoms with Crippen molar-refractivity contribution in [1.82, 2.24) is 0 Å². The highest BCUT2D eigenvalue weighted by Gasteiger charge is 2.17. The summed E-state index contributed by atoms with van der Waals surface area (Å²) in [5.41, 5.74) is 14.0. The molecule has 154 valence electrons. The molecule has 0 spiro atoms. The van der Waals surface area contributed by atoms with Gasteiger partial charge in [-0.25, -0.2) is 0 Å². The molecule has 0 N–H and O–H groups in total. The Bertz CT molecular complexity index is 1440. The largest absolute Gasteiger partial charge is 0.0766 e. The normalized spacial score (nSPS) is 13.7. The van der Waals surface area contributed by atoms with E-state index in [1.165, 1.54) is 77.2 Å². The molecule has 0 heteroatoms. The number of allylic oxidation sites excluding steroid dienone is 3. The minimum Gasteiger partial charge on any atom is -0.0766 e. The third-order valence-electron chi connectivity index (χ3n) is 7.37. The molecular formula is C31H30. The summed E-state index contributed by atoms with van der Waals surface area (Å²) < 4.78 is 0. The number of hydrogen-bond donors (Lipinski definition) is 0. The third-order valence-corrected chi connectivity index (χ3v) is 7.37. The zero-order valence-electron chi connectivity index (χ0n) is 19.5. The maximum Gasteiger partial charge on any atom is -0.00826 e. The first-order valence-electron chi connectivity index (χ1n) is 11.3. The minimum absolute atomic E-state index is 1.06. The van der Waals surface area contributed by atoms with Crippen LogP contribution in [0.15, 0.2) is 54.6 Å². The molecule has 0 atom stereocenters. The van der Waals surface area contributed by atoms with Crippen molar-refractivity contribution in [2.75, 3.05) is 0 Å². The molecule has 5 rings (SSSR count). The third kappa shape index (κ3) is 3.05. The van der Waals surface area contributed by atoms with Crippen LogP contribution in [-0.4, -0.2) is 0 Å². The van der Waals surface area contributed by atoms with E-state index in [4.69, 9.17) is 0 Å². The molecule has 0 aromatic heterocycles. The first kappa shape index (κ1) is 19.8. The van der Waals surface area contributed by atoms with Gasteiger partial charge in [-0.15, -0.1) is 0 Å². The van der Waals surface area contributed by atoms with Gasteiger partial charge in [0.25, 0.3) is 0 Å². The van der Waals surface area contributed by atoms with Crippen molar-refractivity contribution in [2.24, 2.45) is 0 Å². The summed E-state index contributed by atoms with van der Waals surface area (Å²) in [4.78, 5) is 0. The molecule has 0 heterocycles. The fourth-order valence-corrected chi connectivity index (χ4v) is 5.47. The Morgan fingerprint density at radius 1 is 0.774 bits per heavy atom. The fraction of sp³-hybridized carbons (Fsp3) is 0.226. The lowest BCUT2D eigenvalue weighted by atomic mass is 9.88. The Kier molecular flexibility index (Phi) is 4.63. The van der Waals surface area contributed by atoms with Crippen molar-refractivity contribution >= 4 is 38.8 Å². The smallest absolute Gasteiger partial charge is 0.00826 e. The van der Waals surface area contributed by atoms with Crippen LogP contribution in [0.2, 0.25) is 0 Å². The van der Waals surface area contributed by atoms with Gasteiger partial charge in [0, 0.05) is 0 Å². The molecule has 0 aliphatic heterocycles. The Morgan fingerprint density at radius 3 is 2.35 bits per heavy atom. The van der Waals surface area contributed by atoms with Gasteiger partial charge in [-0.1, -0.05) is 54.6 Å². The molecule has 4 aromatic carbocycles. The van der Waals surface area contributed by atoms with Crippen LogP contribution in [0.5, 0.6) is 0 Å². The second kappa shape index (κ2) is 7.24. The molecule has 0 fully saturated rings. The predicted molar refractivity (Wildman–Crippen MR) is 138 cm³/mol. The van der Waals surface area contributed by atoms with Gasteiger partial charge >= 0.3 is 0 Å². The quantitative estimate of drug-likeness (QED) is 0.232. The van der Waals surface area contributed by atoms with E-state index in [1.54, 1.807) is 0 Å². The molecule has 0 unspecified atom stereocenters. The summed E-state index contributed by atoms with van der Waals surface area (Å²) in [6.45, 7) is 13.6. The van der Waals surface area contributed by atoms with Crippen LogP contribution in [0.1, 0.15) is 58.4 Å². The van der Waals surface area contributed by atoms with E-state index in [0.29, 0.717) is 0 Å². The topological polar surface area (TPSA) is 0 Å². The predicted octanol–water partition coefficient (Wildman–Crippen LogP) is 8.75. The summed E-state index contributed by atoms with van der Waals surface area (Å²) in [5.74, 6) is 0. The highest BCUT2D eigenvalue weighted by Crippen LogP contribution is 2.37. The van der Waals surface area contributed by atoms with Crippen molar-refractivity contribution in [3.05, 3.63) is 99.1 Å². The zero-order chi connectivity index (χ0) is 21.9. The van der Waals surface area contributed by atoms with Crippen LogP contribution >= 0.6 is 0 Å². The molecule has 31 heavy (non-hydrogen) atoms. The molecule has 0 saturated heterocycles. The zero-order valence-corrected chi connectivity index (χ0v) is 19.5. The molecule has 0 amide bonds. The molecule has 0 bridgehead atoms. The van der Waals surface area contributed by atoms with E-state index in [2.05, 4.69) is 102 Å². The molecule has 0 nitrogen and oxygen atoms in total. The van der Waals surface area contributed by atoms with Crippen LogP contribution in [0.4, 0.5) is 0 Å². The van der Waals surface area contributed by atoms with Gasteiger partial charge in [0.2, 0.25) is 0 Å². The molecule has 0 radical (unpaired) electrons. The van der Waals surface area contributed by atoms with Crippen LogP contribution in [-0.2, 0) is 6.42 Å². The van der Waals surface area contributed by atoms with Gasteiger partial charge in [0.15, 0.2) is 0 Å². The Balaban J connectivity index is 1.67. The second-order valence-electron chi connectivity index (χ2n) is 9.23. The maximum atomic E-state index is 2.40. The van der Waals surface area contributed by atoms with Crippen LogP contribution in [0, 0.1) is 27.7 Å². The van der Waals surface area contributed by atoms with E-state index in [0.717, 1.165) is 6.42 Å². The molecule has 1 aliphatic carbocycles. The van der Waals surface area contributed by atoms with Crippen LogP contribution < -0.4 is 0 Å². The summed E-state index contributed by atoms with van der Waals surface area (Å²) >= 11 is 0. The van der Waals surface area contributed by atoms with Gasteiger partial charge in [-0.3, -0.25) is 0 Å². The second-order valence-corrected chi connectivity index (χ2v) is 9.23. The lowest BCUT2D eigenvalue weighted by molar-refractivity contribution is 1.21. The summed E-state index contributed by atoms with van der Waals surface area (Å²) in [7, 11) is 0. The highest BCUT2D eigenvalue weighted by atomic mass is 14.2. The van der Waals surface area contributed by atoms with E-state index < -0.39 is 0 Å². The average molecular weight is 403 g/mol. The van der Waals surface area contributed by atoms with Gasteiger partial charge in [0.05, 0.1) is 0 Å². The van der Waals surface area contributed by atoms with Crippen molar-refractivity contribution in [3.63, 3.8) is 0 Å². The number of benzene rings is 4. The SMILES string of the molecule is CC1=CCc2c1cc(C)c(C=C(C)c1ccc3c(C)c4ccccc4cc3c1C)c2C. The molecular weight excluding hydrogens is 372 g/mol. The van der Waals surface area contributed by atoms with Crippen LogP contribution in [0.25, 0.3) is 38.8 Å². The van der Waals surface area contributed by atoms with Gasteiger partial charge in [0.1, 0.15) is 0 Å². The Labute approximate surface area is 185 Å². The standard InChI is InChI=1S/C31H30/c1-18-11-12-27-23(6)29(20(3)16-30(18)27)15-19(2)25-13-14-28-22(5)26-10-8-7-9-24(26)17-31(28)21(25)4/h7-11,13-17H,12H2,1-6H3. The first-order chi connectivity index (χ1) is 14.9. The Hall–Kier alpha value is -3.12. The average Bonchev–Trinajstić information content (AvgIpc) is 3.12. The number of hydrogen-bond acceptors (Lipinski definition) is 0. The van der Waals surface area contributed by atoms with Gasteiger partial charge < -0.3 is 0 Å². The number of rotatable bonds is 2. The summed E-state index contributed by atoms with van der Waals surface area (Å²) in [6.07, 6.45) is 5.83. The lowest BCUT2D eigenvalue weighted by Gasteiger charge is -2.16. The van der Waals surface area contributed by atoms with Gasteiger partial charge in [-0.05, 0) is 131 Å². The minimum atomic E-state index is 1.06. The van der Waals surface area contributed by atoms with Crippen molar-refractivity contribution in [2.45, 2.75) is 48.0 Å². The summed E-state index contributed by atoms with van der Waals surface area (Å²) in [6, 6.07) is 18.1. The van der Waals surface area contributed by atoms with Crippen molar-refractivity contribution in [1.29, 1.82) is 0 Å². The molecule has 0 saturated carbocycles. The van der Waals surface area contributed by atoms with Crippen LogP contribution in [0.3, 0.4) is 0 Å². The first-order valence-corrected chi connectivity index (χ1v) is 11.3. The van der Waals surface area contributed by atoms with E-state index in [9.17, 15) is 0 Å². The lowest BCUT2D eigenvalue weighted by Crippen LogP contribution is -1.97. The summed E-state index contributed by atoms with van der Waals surface area (Å²) in [5, 5.41) is 5.40. The fourth-order valence-electron chi connectivity index (χ4n) is 5.47. The monoisotopic (exact) mass is 402 g/mol.